The van der Waals surface area contributed by atoms with Gasteiger partial charge in [-0.25, -0.2) is 4.98 Å². The van der Waals surface area contributed by atoms with Gasteiger partial charge in [0.2, 0.25) is 5.16 Å². The van der Waals surface area contributed by atoms with Crippen LogP contribution in [0.3, 0.4) is 0 Å². The fourth-order valence-corrected chi connectivity index (χ4v) is 3.12. The standard InChI is InChI=1S/C11H10N6S2/c12-10-13-6-9(19-10)7-18-11-14-15-16-17(11)8-4-2-1-3-5-8/h1-6H,7H2,(H2,12,13). The maximum atomic E-state index is 5.60. The molecule has 8 heteroatoms. The van der Waals surface area contributed by atoms with Crippen LogP contribution in [0.4, 0.5) is 5.13 Å². The molecule has 6 nitrogen and oxygen atoms in total. The van der Waals surface area contributed by atoms with E-state index in [4.69, 9.17) is 5.73 Å². The summed E-state index contributed by atoms with van der Waals surface area (Å²) in [5.41, 5.74) is 6.54. The minimum atomic E-state index is 0.582. The van der Waals surface area contributed by atoms with Crippen molar-refractivity contribution < 1.29 is 0 Å². The monoisotopic (exact) mass is 290 g/mol. The van der Waals surface area contributed by atoms with E-state index >= 15 is 0 Å². The van der Waals surface area contributed by atoms with Crippen LogP contribution in [0.15, 0.2) is 41.7 Å². The molecule has 0 aliphatic carbocycles. The van der Waals surface area contributed by atoms with E-state index in [9.17, 15) is 0 Å². The number of nitrogens with two attached hydrogens (primary N) is 1. The molecule has 96 valence electrons. The fraction of sp³-hybridized carbons (Fsp3) is 0.0909. The van der Waals surface area contributed by atoms with Crippen molar-refractivity contribution in [3.63, 3.8) is 0 Å². The van der Waals surface area contributed by atoms with Crippen molar-refractivity contribution in [1.82, 2.24) is 25.2 Å². The van der Waals surface area contributed by atoms with Crippen LogP contribution in [-0.4, -0.2) is 25.2 Å². The molecule has 3 rings (SSSR count). The molecule has 0 saturated carbocycles. The Balaban J connectivity index is 1.77. The third-order valence-electron chi connectivity index (χ3n) is 2.36. The lowest BCUT2D eigenvalue weighted by Gasteiger charge is -2.02. The minimum absolute atomic E-state index is 0.582. The highest BCUT2D eigenvalue weighted by Crippen LogP contribution is 2.25. The van der Waals surface area contributed by atoms with Crippen LogP contribution >= 0.6 is 23.1 Å². The zero-order valence-electron chi connectivity index (χ0n) is 9.80. The van der Waals surface area contributed by atoms with E-state index in [2.05, 4.69) is 20.5 Å². The molecule has 0 unspecified atom stereocenters. The van der Waals surface area contributed by atoms with Crippen LogP contribution < -0.4 is 5.73 Å². The molecule has 3 aromatic rings. The van der Waals surface area contributed by atoms with E-state index in [1.807, 2.05) is 30.3 Å². The number of nitrogens with zero attached hydrogens (tertiary/aromatic N) is 5. The number of benzene rings is 1. The SMILES string of the molecule is Nc1ncc(CSc2nnnn2-c2ccccc2)s1. The van der Waals surface area contributed by atoms with Crippen LogP contribution in [0.5, 0.6) is 0 Å². The first-order chi connectivity index (χ1) is 9.33. The lowest BCUT2D eigenvalue weighted by atomic mass is 10.3. The molecule has 0 saturated heterocycles. The number of hydrogen-bond donors (Lipinski definition) is 1. The van der Waals surface area contributed by atoms with E-state index in [0.29, 0.717) is 5.13 Å². The molecule has 0 spiro atoms. The van der Waals surface area contributed by atoms with Crippen LogP contribution in [0.1, 0.15) is 4.88 Å². The highest BCUT2D eigenvalue weighted by molar-refractivity contribution is 7.98. The van der Waals surface area contributed by atoms with Crippen molar-refractivity contribution in [3.05, 3.63) is 41.4 Å². The van der Waals surface area contributed by atoms with E-state index in [1.54, 1.807) is 22.6 Å². The lowest BCUT2D eigenvalue weighted by molar-refractivity contribution is 0.756. The normalized spacial score (nSPS) is 10.7. The summed E-state index contributed by atoms with van der Waals surface area (Å²) in [7, 11) is 0. The van der Waals surface area contributed by atoms with Gasteiger partial charge in [-0.05, 0) is 22.6 Å². The molecule has 1 aromatic carbocycles. The topological polar surface area (TPSA) is 82.5 Å². The van der Waals surface area contributed by atoms with Crippen LogP contribution in [-0.2, 0) is 5.75 Å². The van der Waals surface area contributed by atoms with Crippen molar-refractivity contribution in [2.24, 2.45) is 0 Å². The molecular formula is C11H10N6S2. The summed E-state index contributed by atoms with van der Waals surface area (Å²) in [6, 6.07) is 9.79. The second-order valence-electron chi connectivity index (χ2n) is 3.66. The highest BCUT2D eigenvalue weighted by Gasteiger charge is 2.09. The van der Waals surface area contributed by atoms with Crippen LogP contribution in [0, 0.1) is 0 Å². The number of hydrogen-bond acceptors (Lipinski definition) is 7. The number of tetrazole rings is 1. The summed E-state index contributed by atoms with van der Waals surface area (Å²) in [5, 5.41) is 13.1. The highest BCUT2D eigenvalue weighted by atomic mass is 32.2. The average Bonchev–Trinajstić information content (AvgIpc) is 3.06. The van der Waals surface area contributed by atoms with Crippen molar-refractivity contribution in [2.45, 2.75) is 10.9 Å². The first-order valence-corrected chi connectivity index (χ1v) is 7.30. The maximum absolute atomic E-state index is 5.60. The number of thiazole rings is 1. The Bertz CT molecular complexity index is 663. The first kappa shape index (κ1) is 12.1. The number of rotatable bonds is 4. The van der Waals surface area contributed by atoms with Crippen molar-refractivity contribution in [2.75, 3.05) is 5.73 Å². The first-order valence-electron chi connectivity index (χ1n) is 5.50. The van der Waals surface area contributed by atoms with Gasteiger partial charge in [0.15, 0.2) is 5.13 Å². The molecule has 0 fully saturated rings. The van der Waals surface area contributed by atoms with Gasteiger partial charge in [-0.3, -0.25) is 0 Å². The van der Waals surface area contributed by atoms with Gasteiger partial charge in [-0.15, -0.1) is 16.4 Å². The predicted molar refractivity (Wildman–Crippen MR) is 75.2 cm³/mol. The maximum Gasteiger partial charge on any atom is 0.214 e. The van der Waals surface area contributed by atoms with Crippen molar-refractivity contribution in [3.8, 4) is 5.69 Å². The fourth-order valence-electron chi connectivity index (χ4n) is 1.53. The smallest absolute Gasteiger partial charge is 0.214 e. The second-order valence-corrected chi connectivity index (χ2v) is 5.75. The molecule has 0 amide bonds. The molecule has 2 N–H and O–H groups in total. The predicted octanol–water partition coefficient (Wildman–Crippen LogP) is 1.99. The third-order valence-corrected chi connectivity index (χ3v) is 4.33. The summed E-state index contributed by atoms with van der Waals surface area (Å²) in [4.78, 5) is 5.12. The van der Waals surface area contributed by atoms with Crippen molar-refractivity contribution in [1.29, 1.82) is 0 Å². The Morgan fingerprint density at radius 2 is 2.11 bits per heavy atom. The molecule has 0 aliphatic rings. The van der Waals surface area contributed by atoms with E-state index in [1.165, 1.54) is 11.3 Å². The third kappa shape index (κ3) is 2.74. The molecule has 0 atom stereocenters. The van der Waals surface area contributed by atoms with Gasteiger partial charge in [0.05, 0.1) is 5.69 Å². The number of nitrogen functional groups attached to an aromatic ring is 1. The molecule has 2 heterocycles. The summed E-state index contributed by atoms with van der Waals surface area (Å²) in [6.45, 7) is 0. The zero-order chi connectivity index (χ0) is 13.1. The lowest BCUT2D eigenvalue weighted by Crippen LogP contribution is -1.98. The summed E-state index contributed by atoms with van der Waals surface area (Å²) >= 11 is 3.04. The number of para-hydroxylation sites is 1. The minimum Gasteiger partial charge on any atom is -0.375 e. The van der Waals surface area contributed by atoms with Gasteiger partial charge in [-0.1, -0.05) is 30.0 Å². The number of thioether (sulfide) groups is 1. The van der Waals surface area contributed by atoms with Gasteiger partial charge < -0.3 is 5.73 Å². The van der Waals surface area contributed by atoms with Gasteiger partial charge in [0, 0.05) is 16.8 Å². The molecule has 19 heavy (non-hydrogen) atoms. The zero-order valence-corrected chi connectivity index (χ0v) is 11.4. The van der Waals surface area contributed by atoms with Crippen molar-refractivity contribution >= 4 is 28.2 Å². The Hall–Kier alpha value is -1.93. The summed E-state index contributed by atoms with van der Waals surface area (Å²) < 4.78 is 1.72. The number of anilines is 1. The molecule has 0 bridgehead atoms. The van der Waals surface area contributed by atoms with E-state index in [-0.39, 0.29) is 0 Å². The van der Waals surface area contributed by atoms with Gasteiger partial charge in [-0.2, -0.15) is 4.68 Å². The Morgan fingerprint density at radius 1 is 1.26 bits per heavy atom. The molecule has 0 aliphatic heterocycles. The Kier molecular flexibility index (Phi) is 3.43. The molecular weight excluding hydrogens is 280 g/mol. The van der Waals surface area contributed by atoms with Gasteiger partial charge >= 0.3 is 0 Å². The van der Waals surface area contributed by atoms with E-state index < -0.39 is 0 Å². The quantitative estimate of drug-likeness (QED) is 0.740. The molecule has 0 radical (unpaired) electrons. The Morgan fingerprint density at radius 3 is 2.84 bits per heavy atom. The second kappa shape index (κ2) is 5.37. The largest absolute Gasteiger partial charge is 0.375 e. The number of aromatic nitrogens is 5. The summed E-state index contributed by atoms with van der Waals surface area (Å²) in [5.74, 6) is 0.752. The van der Waals surface area contributed by atoms with Crippen LogP contribution in [0.2, 0.25) is 0 Å². The average molecular weight is 290 g/mol. The van der Waals surface area contributed by atoms with Crippen LogP contribution in [0.25, 0.3) is 5.69 Å². The van der Waals surface area contributed by atoms with Gasteiger partial charge in [0.25, 0.3) is 0 Å². The van der Waals surface area contributed by atoms with Gasteiger partial charge in [0.1, 0.15) is 0 Å². The summed E-state index contributed by atoms with van der Waals surface area (Å²) in [6.07, 6.45) is 1.78. The van der Waals surface area contributed by atoms with E-state index in [0.717, 1.165) is 21.5 Å². The Labute approximate surface area is 117 Å². The molecule has 2 aromatic heterocycles.